The van der Waals surface area contributed by atoms with Gasteiger partial charge in [0.1, 0.15) is 0 Å². The van der Waals surface area contributed by atoms with E-state index >= 15 is 0 Å². The van der Waals surface area contributed by atoms with Crippen LogP contribution in [0.5, 0.6) is 0 Å². The summed E-state index contributed by atoms with van der Waals surface area (Å²) >= 11 is 0. The van der Waals surface area contributed by atoms with Gasteiger partial charge >= 0.3 is 0 Å². The fourth-order valence-corrected chi connectivity index (χ4v) is 4.21. The maximum atomic E-state index is 4.87. The third-order valence-corrected chi connectivity index (χ3v) is 5.70. The molecule has 1 saturated heterocycles. The van der Waals surface area contributed by atoms with Crippen molar-refractivity contribution in [2.24, 2.45) is 4.99 Å². The number of benzene rings is 1. The lowest BCUT2D eigenvalue weighted by molar-refractivity contribution is 0.144. The molecule has 3 nitrogen and oxygen atoms in total. The first-order chi connectivity index (χ1) is 11.3. The smallest absolute Gasteiger partial charge is 0.156 e. The summed E-state index contributed by atoms with van der Waals surface area (Å²) in [7, 11) is 0. The average molecular weight is 328 g/mol. The normalized spacial score (nSPS) is 32.0. The van der Waals surface area contributed by atoms with Gasteiger partial charge in [0.25, 0.3) is 0 Å². The molecular formula is C21H33N3. The molecule has 24 heavy (non-hydrogen) atoms. The summed E-state index contributed by atoms with van der Waals surface area (Å²) in [6.45, 7) is 14.7. The van der Waals surface area contributed by atoms with Gasteiger partial charge in [0.2, 0.25) is 0 Å². The number of rotatable bonds is 2. The quantitative estimate of drug-likeness (QED) is 0.877. The molecule has 0 aliphatic carbocycles. The van der Waals surface area contributed by atoms with Gasteiger partial charge in [-0.25, -0.2) is 0 Å². The van der Waals surface area contributed by atoms with E-state index in [0.717, 1.165) is 13.0 Å². The maximum absolute atomic E-state index is 4.87. The van der Waals surface area contributed by atoms with Crippen molar-refractivity contribution >= 4 is 5.71 Å². The van der Waals surface area contributed by atoms with Crippen molar-refractivity contribution in [2.75, 3.05) is 6.54 Å². The van der Waals surface area contributed by atoms with Crippen LogP contribution in [-0.4, -0.2) is 35.5 Å². The molecule has 0 bridgehead atoms. The van der Waals surface area contributed by atoms with Crippen molar-refractivity contribution in [2.45, 2.75) is 84.1 Å². The lowest BCUT2D eigenvalue weighted by Crippen LogP contribution is -2.52. The van der Waals surface area contributed by atoms with Crippen molar-refractivity contribution in [1.82, 2.24) is 10.2 Å². The second-order valence-electron chi connectivity index (χ2n) is 8.76. The predicted molar refractivity (Wildman–Crippen MR) is 103 cm³/mol. The van der Waals surface area contributed by atoms with E-state index in [2.05, 4.69) is 76.0 Å². The average Bonchev–Trinajstić information content (AvgIpc) is 2.87. The molecule has 1 aromatic carbocycles. The fraction of sp³-hybridized carbons (Fsp3) is 0.667. The molecule has 0 amide bonds. The molecule has 2 heterocycles. The number of hydrogen-bond donors (Lipinski definition) is 1. The molecule has 3 rings (SSSR count). The molecule has 1 aromatic rings. The Labute approximate surface area is 147 Å². The highest BCUT2D eigenvalue weighted by atomic mass is 15.4. The Bertz CT molecular complexity index is 597. The number of nitrogens with zero attached hydrogens (tertiary/aromatic N) is 2. The van der Waals surface area contributed by atoms with Gasteiger partial charge in [-0.05, 0) is 43.7 Å². The summed E-state index contributed by atoms with van der Waals surface area (Å²) in [6, 6.07) is 10.4. The molecule has 2 aliphatic rings. The van der Waals surface area contributed by atoms with E-state index in [4.69, 9.17) is 4.99 Å². The van der Waals surface area contributed by atoms with Gasteiger partial charge in [-0.15, -0.1) is 0 Å². The Hall–Kier alpha value is -1.19. The Morgan fingerprint density at radius 3 is 2.38 bits per heavy atom. The first-order valence-electron chi connectivity index (χ1n) is 9.41. The van der Waals surface area contributed by atoms with Crippen LogP contribution in [0.3, 0.4) is 0 Å². The van der Waals surface area contributed by atoms with Gasteiger partial charge in [0.05, 0.1) is 0 Å². The molecule has 0 radical (unpaired) electrons. The van der Waals surface area contributed by atoms with Crippen LogP contribution < -0.4 is 5.32 Å². The highest BCUT2D eigenvalue weighted by molar-refractivity contribution is 5.83. The Balaban J connectivity index is 1.74. The van der Waals surface area contributed by atoms with E-state index in [-0.39, 0.29) is 11.7 Å². The number of hydrogen-bond acceptors (Lipinski definition) is 3. The highest BCUT2D eigenvalue weighted by Crippen LogP contribution is 2.36. The zero-order valence-electron chi connectivity index (χ0n) is 16.1. The largest absolute Gasteiger partial charge is 0.280 e. The summed E-state index contributed by atoms with van der Waals surface area (Å²) in [5, 5.41) is 3.66. The van der Waals surface area contributed by atoms with Crippen LogP contribution in [0.1, 0.15) is 71.4 Å². The Morgan fingerprint density at radius 1 is 1.12 bits per heavy atom. The standard InChI is InChI=1S/C21H33N3/c1-14-13-15(2)23-20(22-14)24-12-11-19(16(24)3)17-7-9-18(10-8-17)21(4,5)6/h7-10,14,16,19-20,22H,11-13H2,1-6H3/t14?,16-,19?,20?/m1/s1. The maximum Gasteiger partial charge on any atom is 0.156 e. The van der Waals surface area contributed by atoms with E-state index in [0.29, 0.717) is 18.0 Å². The van der Waals surface area contributed by atoms with Crippen LogP contribution in [0.25, 0.3) is 0 Å². The van der Waals surface area contributed by atoms with Crippen LogP contribution >= 0.6 is 0 Å². The van der Waals surface area contributed by atoms with Crippen LogP contribution in [0.15, 0.2) is 29.3 Å². The lowest BCUT2D eigenvalue weighted by Gasteiger charge is -2.36. The zero-order valence-corrected chi connectivity index (χ0v) is 16.1. The van der Waals surface area contributed by atoms with Crippen LogP contribution in [0, 0.1) is 0 Å². The number of nitrogens with one attached hydrogen (secondary N) is 1. The van der Waals surface area contributed by atoms with Crippen LogP contribution in [0.2, 0.25) is 0 Å². The molecule has 0 aromatic heterocycles. The predicted octanol–water partition coefficient (Wildman–Crippen LogP) is 4.29. The third-order valence-electron chi connectivity index (χ3n) is 5.70. The Kier molecular flexibility index (Phi) is 4.85. The summed E-state index contributed by atoms with van der Waals surface area (Å²) in [4.78, 5) is 7.41. The first kappa shape index (κ1) is 17.6. The number of aliphatic imine (C=N–C) groups is 1. The van der Waals surface area contributed by atoms with Crippen molar-refractivity contribution in [1.29, 1.82) is 0 Å². The van der Waals surface area contributed by atoms with Gasteiger partial charge < -0.3 is 0 Å². The fourth-order valence-electron chi connectivity index (χ4n) is 4.21. The minimum Gasteiger partial charge on any atom is -0.280 e. The SMILES string of the molecule is CC1=NC(N2CCC(c3ccc(C(C)(C)C)cc3)[C@H]2C)NC(C)C1. The molecule has 1 fully saturated rings. The zero-order chi connectivity index (χ0) is 17.5. The first-order valence-corrected chi connectivity index (χ1v) is 9.41. The monoisotopic (exact) mass is 327 g/mol. The second kappa shape index (κ2) is 6.61. The van der Waals surface area contributed by atoms with E-state index in [1.54, 1.807) is 0 Å². The molecule has 4 atom stereocenters. The van der Waals surface area contributed by atoms with E-state index in [1.807, 2.05) is 0 Å². The summed E-state index contributed by atoms with van der Waals surface area (Å²) in [6.07, 6.45) is 2.44. The van der Waals surface area contributed by atoms with Crippen molar-refractivity contribution in [3.8, 4) is 0 Å². The van der Waals surface area contributed by atoms with Crippen LogP contribution in [-0.2, 0) is 5.41 Å². The Morgan fingerprint density at radius 2 is 1.79 bits per heavy atom. The number of likely N-dealkylation sites (tertiary alicyclic amines) is 1. The second-order valence-corrected chi connectivity index (χ2v) is 8.76. The molecule has 3 heteroatoms. The van der Waals surface area contributed by atoms with Crippen LogP contribution in [0.4, 0.5) is 0 Å². The van der Waals surface area contributed by atoms with Gasteiger partial charge in [-0.1, -0.05) is 45.0 Å². The molecule has 0 spiro atoms. The van der Waals surface area contributed by atoms with Crippen molar-refractivity contribution in [3.05, 3.63) is 35.4 Å². The third kappa shape index (κ3) is 3.57. The van der Waals surface area contributed by atoms with Gasteiger partial charge in [0, 0.05) is 36.7 Å². The van der Waals surface area contributed by atoms with E-state index in [9.17, 15) is 0 Å². The lowest BCUT2D eigenvalue weighted by atomic mass is 9.84. The topological polar surface area (TPSA) is 27.6 Å². The molecule has 0 saturated carbocycles. The molecular weight excluding hydrogens is 294 g/mol. The molecule has 2 aliphatic heterocycles. The molecule has 1 N–H and O–H groups in total. The van der Waals surface area contributed by atoms with Gasteiger partial charge in [-0.3, -0.25) is 15.2 Å². The summed E-state index contributed by atoms with van der Waals surface area (Å²) in [5.74, 6) is 0.605. The molecule has 3 unspecified atom stereocenters. The minimum absolute atomic E-state index is 0.155. The van der Waals surface area contributed by atoms with Gasteiger partial charge in [0.15, 0.2) is 6.29 Å². The summed E-state index contributed by atoms with van der Waals surface area (Å²) in [5.41, 5.74) is 4.39. The van der Waals surface area contributed by atoms with E-state index in [1.165, 1.54) is 23.3 Å². The summed E-state index contributed by atoms with van der Waals surface area (Å²) < 4.78 is 0. The minimum atomic E-state index is 0.155. The highest BCUT2D eigenvalue weighted by Gasteiger charge is 2.37. The van der Waals surface area contributed by atoms with Crippen molar-refractivity contribution in [3.63, 3.8) is 0 Å². The molecule has 132 valence electrons. The van der Waals surface area contributed by atoms with Gasteiger partial charge in [-0.2, -0.15) is 0 Å². The van der Waals surface area contributed by atoms with Crippen molar-refractivity contribution < 1.29 is 0 Å². The van der Waals surface area contributed by atoms with E-state index < -0.39 is 0 Å².